The van der Waals surface area contributed by atoms with E-state index in [2.05, 4.69) is 106 Å². The molecule has 196 valence electrons. The van der Waals surface area contributed by atoms with Gasteiger partial charge in [-0.3, -0.25) is 9.80 Å². The second kappa shape index (κ2) is 12.7. The van der Waals surface area contributed by atoms with Crippen molar-refractivity contribution >= 4 is 6.08 Å². The molecule has 0 spiro atoms. The molecule has 1 aromatic heterocycles. The summed E-state index contributed by atoms with van der Waals surface area (Å²) in [7, 11) is 0. The molecule has 3 aromatic carbocycles. The van der Waals surface area contributed by atoms with Crippen LogP contribution in [0.5, 0.6) is 0 Å². The highest BCUT2D eigenvalue weighted by Crippen LogP contribution is 2.26. The Morgan fingerprint density at radius 3 is 2.24 bits per heavy atom. The Bertz CT molecular complexity index is 1290. The summed E-state index contributed by atoms with van der Waals surface area (Å²) in [5, 5.41) is 13.1. The van der Waals surface area contributed by atoms with E-state index in [4.69, 9.17) is 4.74 Å². The summed E-state index contributed by atoms with van der Waals surface area (Å²) in [6.07, 6.45) is 4.46. The number of nitrogens with zero attached hydrogens (tertiary/aromatic N) is 6. The normalized spacial score (nSPS) is 15.7. The topological polar surface area (TPSA) is 59.3 Å². The standard InChI is InChI=1S/C31H36N6O/c1-25-11-9-12-26(2)30(25)37-31(32-33-34-37)29(24-38-23-28-15-7-4-8-16-28)36-21-19-35(20-22-36)18-10-17-27-13-5-3-6-14-27/h3-17,29H,18-24H2,1-2H3/b17-10+. The maximum absolute atomic E-state index is 6.28. The molecule has 4 aromatic rings. The molecule has 1 aliphatic rings. The first kappa shape index (κ1) is 26.0. The molecule has 5 rings (SSSR count). The van der Waals surface area contributed by atoms with E-state index in [1.54, 1.807) is 0 Å². The molecule has 0 radical (unpaired) electrons. The average Bonchev–Trinajstić information content (AvgIpc) is 3.42. The van der Waals surface area contributed by atoms with Crippen LogP contribution < -0.4 is 0 Å². The van der Waals surface area contributed by atoms with Gasteiger partial charge in [0.1, 0.15) is 0 Å². The monoisotopic (exact) mass is 508 g/mol. The number of aromatic nitrogens is 4. The van der Waals surface area contributed by atoms with Crippen LogP contribution in [-0.4, -0.2) is 69.3 Å². The van der Waals surface area contributed by atoms with Crippen LogP contribution in [0.3, 0.4) is 0 Å². The van der Waals surface area contributed by atoms with Gasteiger partial charge in [-0.25, -0.2) is 0 Å². The molecule has 0 saturated carbocycles. The Labute approximate surface area is 225 Å². The summed E-state index contributed by atoms with van der Waals surface area (Å²) in [6, 6.07) is 27.0. The van der Waals surface area contributed by atoms with E-state index in [-0.39, 0.29) is 6.04 Å². The van der Waals surface area contributed by atoms with E-state index in [0.29, 0.717) is 13.2 Å². The van der Waals surface area contributed by atoms with Gasteiger partial charge in [-0.1, -0.05) is 91.0 Å². The van der Waals surface area contributed by atoms with Gasteiger partial charge in [0.2, 0.25) is 0 Å². The van der Waals surface area contributed by atoms with Crippen molar-refractivity contribution in [3.8, 4) is 5.69 Å². The highest BCUT2D eigenvalue weighted by molar-refractivity contribution is 5.49. The van der Waals surface area contributed by atoms with E-state index < -0.39 is 0 Å². The quantitative estimate of drug-likeness (QED) is 0.305. The number of tetrazole rings is 1. The summed E-state index contributed by atoms with van der Waals surface area (Å²) < 4.78 is 8.19. The highest BCUT2D eigenvalue weighted by Gasteiger charge is 2.30. The van der Waals surface area contributed by atoms with Gasteiger partial charge >= 0.3 is 0 Å². The van der Waals surface area contributed by atoms with E-state index >= 15 is 0 Å². The van der Waals surface area contributed by atoms with Gasteiger partial charge in [0.15, 0.2) is 5.82 Å². The maximum Gasteiger partial charge on any atom is 0.176 e. The number of aryl methyl sites for hydroxylation is 2. The van der Waals surface area contributed by atoms with Gasteiger partial charge in [-0.2, -0.15) is 4.68 Å². The zero-order valence-corrected chi connectivity index (χ0v) is 22.3. The van der Waals surface area contributed by atoms with Crippen molar-refractivity contribution in [3.63, 3.8) is 0 Å². The fourth-order valence-corrected chi connectivity index (χ4v) is 5.07. The fourth-order valence-electron chi connectivity index (χ4n) is 5.07. The van der Waals surface area contributed by atoms with Gasteiger partial charge in [-0.05, 0) is 46.5 Å². The van der Waals surface area contributed by atoms with Crippen LogP contribution in [0, 0.1) is 13.8 Å². The lowest BCUT2D eigenvalue weighted by Crippen LogP contribution is -2.49. The van der Waals surface area contributed by atoms with Crippen LogP contribution in [-0.2, 0) is 11.3 Å². The SMILES string of the molecule is Cc1cccc(C)c1-n1nnnc1C(COCc1ccccc1)N1CCN(C/C=C/c2ccccc2)CC1. The molecule has 1 atom stereocenters. The fraction of sp³-hybridized carbons (Fsp3) is 0.323. The Hall–Kier alpha value is -3.65. The van der Waals surface area contributed by atoms with Crippen LogP contribution in [0.2, 0.25) is 0 Å². The Morgan fingerprint density at radius 2 is 1.53 bits per heavy atom. The first-order valence-electron chi connectivity index (χ1n) is 13.3. The lowest BCUT2D eigenvalue weighted by molar-refractivity contribution is 0.0225. The van der Waals surface area contributed by atoms with E-state index in [1.165, 1.54) is 5.56 Å². The first-order valence-corrected chi connectivity index (χ1v) is 13.3. The minimum absolute atomic E-state index is 0.0465. The maximum atomic E-state index is 6.28. The molecule has 0 aliphatic carbocycles. The Balaban J connectivity index is 1.30. The number of benzene rings is 3. The predicted octanol–water partition coefficient (Wildman–Crippen LogP) is 4.87. The number of piperazine rings is 1. The van der Waals surface area contributed by atoms with Crippen molar-refractivity contribution in [1.29, 1.82) is 0 Å². The third-order valence-electron chi connectivity index (χ3n) is 7.15. The van der Waals surface area contributed by atoms with Gasteiger partial charge in [0.05, 0.1) is 24.9 Å². The number of hydrogen-bond donors (Lipinski definition) is 0. The van der Waals surface area contributed by atoms with Gasteiger partial charge in [0, 0.05) is 32.7 Å². The molecular weight excluding hydrogens is 472 g/mol. The number of rotatable bonds is 10. The number of para-hydroxylation sites is 1. The molecule has 1 aliphatic heterocycles. The minimum Gasteiger partial charge on any atom is -0.375 e. The van der Waals surface area contributed by atoms with Crippen LogP contribution in [0.25, 0.3) is 11.8 Å². The van der Waals surface area contributed by atoms with Gasteiger partial charge < -0.3 is 4.74 Å². The molecule has 0 bridgehead atoms. The first-order chi connectivity index (χ1) is 18.7. The van der Waals surface area contributed by atoms with Crippen molar-refractivity contribution < 1.29 is 4.74 Å². The minimum atomic E-state index is -0.0465. The van der Waals surface area contributed by atoms with Crippen molar-refractivity contribution in [2.45, 2.75) is 26.5 Å². The van der Waals surface area contributed by atoms with Gasteiger partial charge in [0.25, 0.3) is 0 Å². The third kappa shape index (κ3) is 6.42. The Morgan fingerprint density at radius 1 is 0.842 bits per heavy atom. The van der Waals surface area contributed by atoms with Crippen LogP contribution in [0.1, 0.15) is 34.1 Å². The zero-order valence-electron chi connectivity index (χ0n) is 22.3. The summed E-state index contributed by atoms with van der Waals surface area (Å²) in [5.41, 5.74) is 5.75. The summed E-state index contributed by atoms with van der Waals surface area (Å²) in [4.78, 5) is 4.96. The van der Waals surface area contributed by atoms with E-state index in [9.17, 15) is 0 Å². The van der Waals surface area contributed by atoms with Crippen molar-refractivity contribution in [3.05, 3.63) is 113 Å². The smallest absolute Gasteiger partial charge is 0.176 e. The third-order valence-corrected chi connectivity index (χ3v) is 7.15. The molecular formula is C31H36N6O. The van der Waals surface area contributed by atoms with Gasteiger partial charge in [-0.15, -0.1) is 5.10 Å². The van der Waals surface area contributed by atoms with Crippen LogP contribution in [0.4, 0.5) is 0 Å². The summed E-state index contributed by atoms with van der Waals surface area (Å²) in [5.74, 6) is 0.827. The molecule has 7 nitrogen and oxygen atoms in total. The average molecular weight is 509 g/mol. The van der Waals surface area contributed by atoms with E-state index in [1.807, 2.05) is 28.9 Å². The molecule has 2 heterocycles. The summed E-state index contributed by atoms with van der Waals surface area (Å²) in [6.45, 7) is 10.1. The second-order valence-corrected chi connectivity index (χ2v) is 9.86. The van der Waals surface area contributed by atoms with Crippen molar-refractivity contribution in [1.82, 2.24) is 30.0 Å². The highest BCUT2D eigenvalue weighted by atomic mass is 16.5. The zero-order chi connectivity index (χ0) is 26.2. The lowest BCUT2D eigenvalue weighted by atomic mass is 10.1. The second-order valence-electron chi connectivity index (χ2n) is 9.86. The largest absolute Gasteiger partial charge is 0.375 e. The lowest BCUT2D eigenvalue weighted by Gasteiger charge is -2.38. The predicted molar refractivity (Wildman–Crippen MR) is 151 cm³/mol. The molecule has 7 heteroatoms. The number of hydrogen-bond acceptors (Lipinski definition) is 6. The Kier molecular flexibility index (Phi) is 8.71. The molecule has 1 saturated heterocycles. The molecule has 1 unspecified atom stereocenters. The van der Waals surface area contributed by atoms with Crippen molar-refractivity contribution in [2.24, 2.45) is 0 Å². The molecule has 38 heavy (non-hydrogen) atoms. The molecule has 0 amide bonds. The number of ether oxygens (including phenoxy) is 1. The van der Waals surface area contributed by atoms with Crippen LogP contribution in [0.15, 0.2) is 84.9 Å². The molecule has 1 fully saturated rings. The van der Waals surface area contributed by atoms with E-state index in [0.717, 1.165) is 60.9 Å². The van der Waals surface area contributed by atoms with Crippen LogP contribution >= 0.6 is 0 Å². The molecule has 0 N–H and O–H groups in total. The van der Waals surface area contributed by atoms with Crippen molar-refractivity contribution in [2.75, 3.05) is 39.3 Å². The summed E-state index contributed by atoms with van der Waals surface area (Å²) >= 11 is 0.